The second-order valence-corrected chi connectivity index (χ2v) is 7.60. The highest BCUT2D eigenvalue weighted by molar-refractivity contribution is 5.94. The normalized spacial score (nSPS) is 15.0. The monoisotopic (exact) mass is 424 g/mol. The first-order chi connectivity index (χ1) is 14.1. The van der Waals surface area contributed by atoms with Crippen molar-refractivity contribution in [2.45, 2.75) is 58.7 Å². The fraction of sp³-hybridized carbons (Fsp3) is 0.632. The molecule has 7 N–H and O–H groups in total. The molecule has 0 aliphatic carbocycles. The van der Waals surface area contributed by atoms with E-state index in [2.05, 4.69) is 25.9 Å². The molecule has 0 aliphatic rings. The number of rotatable bonds is 12. The Kier molecular flexibility index (Phi) is 9.96. The number of aromatic nitrogens is 2. The first kappa shape index (κ1) is 25.1. The lowest BCUT2D eigenvalue weighted by atomic mass is 9.96. The summed E-state index contributed by atoms with van der Waals surface area (Å²) in [6, 6.07) is -2.73. The highest BCUT2D eigenvalue weighted by Crippen LogP contribution is 2.10. The van der Waals surface area contributed by atoms with E-state index < -0.39 is 48.4 Å². The maximum absolute atomic E-state index is 13.0. The molecule has 11 heteroatoms. The molecule has 0 radical (unpaired) electrons. The summed E-state index contributed by atoms with van der Waals surface area (Å²) in [4.78, 5) is 55.3. The van der Waals surface area contributed by atoms with Gasteiger partial charge in [-0.3, -0.25) is 19.2 Å². The van der Waals surface area contributed by atoms with Gasteiger partial charge in [-0.1, -0.05) is 34.1 Å². The number of nitrogens with two attached hydrogens (primary N) is 1. The maximum Gasteiger partial charge on any atom is 0.322 e. The van der Waals surface area contributed by atoms with Crippen molar-refractivity contribution in [1.82, 2.24) is 25.9 Å². The van der Waals surface area contributed by atoms with Crippen LogP contribution in [0.15, 0.2) is 12.5 Å². The van der Waals surface area contributed by atoms with Gasteiger partial charge in [-0.2, -0.15) is 0 Å². The summed E-state index contributed by atoms with van der Waals surface area (Å²) in [5.41, 5.74) is 6.46. The Balaban J connectivity index is 2.97. The number of carbonyl (C=O) groups excluding carboxylic acids is 3. The summed E-state index contributed by atoms with van der Waals surface area (Å²) in [5.74, 6) is -3.20. The predicted molar refractivity (Wildman–Crippen MR) is 109 cm³/mol. The zero-order valence-electron chi connectivity index (χ0n) is 17.8. The van der Waals surface area contributed by atoms with Gasteiger partial charge in [-0.05, 0) is 11.8 Å². The molecule has 0 aliphatic heterocycles. The van der Waals surface area contributed by atoms with Gasteiger partial charge in [-0.15, -0.1) is 0 Å². The van der Waals surface area contributed by atoms with Gasteiger partial charge in [0.2, 0.25) is 17.7 Å². The first-order valence-electron chi connectivity index (χ1n) is 9.89. The SMILES string of the molecule is CCC(C)C(NC(=O)C(N)C(C)C)C(=O)NC(Cc1cnc[nH]1)C(=O)NCC(=O)O. The predicted octanol–water partition coefficient (Wildman–Crippen LogP) is -0.848. The molecular formula is C19H32N6O5. The van der Waals surface area contributed by atoms with Crippen molar-refractivity contribution in [3.63, 3.8) is 0 Å². The number of imidazole rings is 1. The van der Waals surface area contributed by atoms with Gasteiger partial charge in [0.1, 0.15) is 18.6 Å². The van der Waals surface area contributed by atoms with Crippen LogP contribution in [0, 0.1) is 11.8 Å². The van der Waals surface area contributed by atoms with Crippen LogP contribution in [0.25, 0.3) is 0 Å². The van der Waals surface area contributed by atoms with Crippen molar-refractivity contribution in [3.8, 4) is 0 Å². The minimum atomic E-state index is -1.21. The largest absolute Gasteiger partial charge is 0.480 e. The lowest BCUT2D eigenvalue weighted by Gasteiger charge is -2.28. The second kappa shape index (κ2) is 11.9. The summed E-state index contributed by atoms with van der Waals surface area (Å²) in [5, 5.41) is 16.4. The van der Waals surface area contributed by atoms with E-state index in [-0.39, 0.29) is 18.3 Å². The van der Waals surface area contributed by atoms with Crippen molar-refractivity contribution in [1.29, 1.82) is 0 Å². The number of nitrogens with zero attached hydrogens (tertiary/aromatic N) is 1. The van der Waals surface area contributed by atoms with E-state index in [1.165, 1.54) is 12.5 Å². The van der Waals surface area contributed by atoms with Crippen LogP contribution in [-0.4, -0.2) is 63.4 Å². The highest BCUT2D eigenvalue weighted by atomic mass is 16.4. The Labute approximate surface area is 175 Å². The number of hydrogen-bond acceptors (Lipinski definition) is 6. The second-order valence-electron chi connectivity index (χ2n) is 7.60. The Morgan fingerprint density at radius 3 is 2.30 bits per heavy atom. The zero-order chi connectivity index (χ0) is 22.8. The van der Waals surface area contributed by atoms with Crippen LogP contribution < -0.4 is 21.7 Å². The number of amides is 3. The fourth-order valence-corrected chi connectivity index (χ4v) is 2.63. The van der Waals surface area contributed by atoms with Crippen molar-refractivity contribution in [2.75, 3.05) is 6.54 Å². The molecule has 4 unspecified atom stereocenters. The summed E-state index contributed by atoms with van der Waals surface area (Å²) < 4.78 is 0. The summed E-state index contributed by atoms with van der Waals surface area (Å²) >= 11 is 0. The number of carboxylic acids is 1. The topological polar surface area (TPSA) is 179 Å². The summed E-state index contributed by atoms with van der Waals surface area (Å²) in [6.07, 6.45) is 3.60. The van der Waals surface area contributed by atoms with E-state index in [4.69, 9.17) is 10.8 Å². The molecule has 0 aromatic carbocycles. The van der Waals surface area contributed by atoms with E-state index in [0.29, 0.717) is 12.1 Å². The Bertz CT molecular complexity index is 721. The molecule has 0 bridgehead atoms. The van der Waals surface area contributed by atoms with E-state index >= 15 is 0 Å². The van der Waals surface area contributed by atoms with E-state index in [1.54, 1.807) is 20.8 Å². The van der Waals surface area contributed by atoms with Crippen LogP contribution in [0.1, 0.15) is 39.8 Å². The summed E-state index contributed by atoms with van der Waals surface area (Å²) in [6.45, 7) is 6.70. The number of hydrogen-bond donors (Lipinski definition) is 6. The van der Waals surface area contributed by atoms with Gasteiger partial charge in [0.15, 0.2) is 0 Å². The maximum atomic E-state index is 13.0. The molecular weight excluding hydrogens is 392 g/mol. The fourth-order valence-electron chi connectivity index (χ4n) is 2.63. The lowest BCUT2D eigenvalue weighted by Crippen LogP contribution is -2.58. The molecule has 0 spiro atoms. The number of carboxylic acid groups (broad SMARTS) is 1. The van der Waals surface area contributed by atoms with Gasteiger partial charge >= 0.3 is 5.97 Å². The van der Waals surface area contributed by atoms with Gasteiger partial charge in [0.25, 0.3) is 0 Å². The zero-order valence-corrected chi connectivity index (χ0v) is 17.8. The quantitative estimate of drug-likeness (QED) is 0.253. The van der Waals surface area contributed by atoms with Gasteiger partial charge in [0, 0.05) is 18.3 Å². The van der Waals surface area contributed by atoms with Gasteiger partial charge in [-0.25, -0.2) is 4.98 Å². The van der Waals surface area contributed by atoms with E-state index in [1.807, 2.05) is 6.92 Å². The van der Waals surface area contributed by atoms with Crippen LogP contribution in [0.4, 0.5) is 0 Å². The smallest absolute Gasteiger partial charge is 0.322 e. The molecule has 1 rings (SSSR count). The number of aromatic amines is 1. The number of nitrogens with one attached hydrogen (secondary N) is 4. The van der Waals surface area contributed by atoms with Crippen molar-refractivity contribution >= 4 is 23.7 Å². The van der Waals surface area contributed by atoms with Crippen molar-refractivity contribution in [3.05, 3.63) is 18.2 Å². The Morgan fingerprint density at radius 2 is 1.80 bits per heavy atom. The lowest BCUT2D eigenvalue weighted by molar-refractivity contribution is -0.138. The van der Waals surface area contributed by atoms with Crippen LogP contribution >= 0.6 is 0 Å². The first-order valence-corrected chi connectivity index (χ1v) is 9.89. The molecule has 0 fully saturated rings. The van der Waals surface area contributed by atoms with Gasteiger partial charge < -0.3 is 31.8 Å². The number of aliphatic carboxylic acids is 1. The molecule has 0 saturated heterocycles. The molecule has 1 aromatic rings. The third-order valence-electron chi connectivity index (χ3n) is 4.84. The molecule has 4 atom stereocenters. The van der Waals surface area contributed by atoms with Crippen LogP contribution in [0.5, 0.6) is 0 Å². The third-order valence-corrected chi connectivity index (χ3v) is 4.84. The van der Waals surface area contributed by atoms with Crippen LogP contribution in [0.3, 0.4) is 0 Å². The average Bonchev–Trinajstić information content (AvgIpc) is 3.21. The van der Waals surface area contributed by atoms with Gasteiger partial charge in [0.05, 0.1) is 12.4 Å². The third kappa shape index (κ3) is 7.82. The minimum Gasteiger partial charge on any atom is -0.480 e. The van der Waals surface area contributed by atoms with Crippen LogP contribution in [-0.2, 0) is 25.6 Å². The Morgan fingerprint density at radius 1 is 1.13 bits per heavy atom. The van der Waals surface area contributed by atoms with Crippen molar-refractivity contribution in [2.24, 2.45) is 17.6 Å². The molecule has 11 nitrogen and oxygen atoms in total. The molecule has 0 saturated carbocycles. The molecule has 168 valence electrons. The van der Waals surface area contributed by atoms with Crippen molar-refractivity contribution < 1.29 is 24.3 Å². The highest BCUT2D eigenvalue weighted by Gasteiger charge is 2.32. The number of H-pyrrole nitrogens is 1. The van der Waals surface area contributed by atoms with Crippen LogP contribution in [0.2, 0.25) is 0 Å². The number of carbonyl (C=O) groups is 4. The molecule has 3 amide bonds. The summed E-state index contributed by atoms with van der Waals surface area (Å²) in [7, 11) is 0. The molecule has 1 aromatic heterocycles. The van der Waals surface area contributed by atoms with E-state index in [0.717, 1.165) is 0 Å². The minimum absolute atomic E-state index is 0.0733. The molecule has 30 heavy (non-hydrogen) atoms. The van der Waals surface area contributed by atoms with E-state index in [9.17, 15) is 19.2 Å². The Hall–Kier alpha value is -2.95. The standard InChI is InChI=1S/C19H32N6O5/c1-5-11(4)16(25-18(29)15(20)10(2)3)19(30)24-13(6-12-7-21-9-23-12)17(28)22-8-14(26)27/h7,9-11,13,15-16H,5-6,8,20H2,1-4H3,(H,21,23)(H,22,28)(H,24,30)(H,25,29)(H,26,27). The molecule has 1 heterocycles. The average molecular weight is 425 g/mol.